The van der Waals surface area contributed by atoms with Gasteiger partial charge in [0, 0.05) is 0 Å². The van der Waals surface area contributed by atoms with Gasteiger partial charge in [-0.3, -0.25) is 0 Å². The van der Waals surface area contributed by atoms with Crippen LogP contribution in [0.15, 0.2) is 22.8 Å². The predicted octanol–water partition coefficient (Wildman–Crippen LogP) is 6.71. The van der Waals surface area contributed by atoms with Gasteiger partial charge in [0.05, 0.1) is 11.7 Å². The molecule has 2 nitrogen and oxygen atoms in total. The fourth-order valence-corrected chi connectivity index (χ4v) is 4.36. The second-order valence-corrected chi connectivity index (χ2v) is 9.56. The van der Waals surface area contributed by atoms with E-state index in [0.717, 1.165) is 32.1 Å². The molecule has 1 rings (SSSR count). The summed E-state index contributed by atoms with van der Waals surface area (Å²) < 4.78 is 0. The van der Waals surface area contributed by atoms with Crippen molar-refractivity contribution < 1.29 is 10.2 Å². The third-order valence-corrected chi connectivity index (χ3v) is 6.27. The van der Waals surface area contributed by atoms with E-state index in [9.17, 15) is 10.2 Å². The molecule has 0 heterocycles. The van der Waals surface area contributed by atoms with Gasteiger partial charge in [0.1, 0.15) is 0 Å². The van der Waals surface area contributed by atoms with Crippen molar-refractivity contribution in [3.05, 3.63) is 22.8 Å². The first-order chi connectivity index (χ1) is 12.1. The Kier molecular flexibility index (Phi) is 9.61. The highest BCUT2D eigenvalue weighted by atomic mass is 16.3. The maximum Gasteiger partial charge on any atom is 0.0623 e. The second-order valence-electron chi connectivity index (χ2n) is 9.56. The fourth-order valence-electron chi connectivity index (χ4n) is 4.36. The Balaban J connectivity index is 2.41. The van der Waals surface area contributed by atoms with Gasteiger partial charge in [-0.15, -0.1) is 0 Å². The molecule has 0 bridgehead atoms. The first kappa shape index (κ1) is 23.4. The topological polar surface area (TPSA) is 40.5 Å². The average molecular weight is 365 g/mol. The molecule has 0 saturated carbocycles. The number of aliphatic hydroxyl groups is 2. The van der Waals surface area contributed by atoms with E-state index in [1.165, 1.54) is 31.3 Å². The average Bonchev–Trinajstić information content (AvgIpc) is 2.52. The van der Waals surface area contributed by atoms with Crippen molar-refractivity contribution in [2.45, 2.75) is 124 Å². The zero-order valence-electron chi connectivity index (χ0n) is 18.3. The summed E-state index contributed by atoms with van der Waals surface area (Å²) in [6, 6.07) is 0. The maximum atomic E-state index is 10.5. The third-order valence-electron chi connectivity index (χ3n) is 6.27. The van der Waals surface area contributed by atoms with E-state index in [0.29, 0.717) is 18.3 Å². The van der Waals surface area contributed by atoms with Gasteiger partial charge in [0.2, 0.25) is 0 Å². The highest BCUT2D eigenvalue weighted by Crippen LogP contribution is 2.42. The molecule has 0 unspecified atom stereocenters. The van der Waals surface area contributed by atoms with Gasteiger partial charge in [0.25, 0.3) is 0 Å². The molecule has 0 aromatic heterocycles. The molecule has 0 saturated heterocycles. The van der Waals surface area contributed by atoms with Crippen LogP contribution in [0.5, 0.6) is 0 Å². The van der Waals surface area contributed by atoms with Gasteiger partial charge in [-0.05, 0) is 90.4 Å². The Morgan fingerprint density at radius 2 is 1.96 bits per heavy atom. The predicted molar refractivity (Wildman–Crippen MR) is 113 cm³/mol. The molecule has 1 aliphatic carbocycles. The molecular weight excluding hydrogens is 320 g/mol. The lowest BCUT2D eigenvalue weighted by Gasteiger charge is -2.35. The van der Waals surface area contributed by atoms with Gasteiger partial charge in [-0.25, -0.2) is 0 Å². The summed E-state index contributed by atoms with van der Waals surface area (Å²) in [5.74, 6) is 0. The first-order valence-corrected chi connectivity index (χ1v) is 10.8. The van der Waals surface area contributed by atoms with Crippen LogP contribution >= 0.6 is 0 Å². The molecule has 0 aliphatic heterocycles. The number of allylic oxidation sites excluding steroid dienone is 4. The van der Waals surface area contributed by atoms with Crippen molar-refractivity contribution >= 4 is 0 Å². The smallest absolute Gasteiger partial charge is 0.0623 e. The summed E-state index contributed by atoms with van der Waals surface area (Å²) in [7, 11) is 0. The molecule has 0 radical (unpaired) electrons. The number of hydrogen-bond donors (Lipinski definition) is 2. The van der Waals surface area contributed by atoms with Gasteiger partial charge < -0.3 is 10.2 Å². The fraction of sp³-hybridized carbons (Fsp3) is 0.833. The Bertz CT molecular complexity index is 482. The van der Waals surface area contributed by atoms with E-state index in [1.54, 1.807) is 11.1 Å². The van der Waals surface area contributed by atoms with Gasteiger partial charge in [-0.1, -0.05) is 50.0 Å². The van der Waals surface area contributed by atoms with Gasteiger partial charge >= 0.3 is 0 Å². The normalized spacial score (nSPS) is 21.6. The monoisotopic (exact) mass is 364 g/mol. The van der Waals surface area contributed by atoms with E-state index in [1.807, 2.05) is 6.92 Å². The standard InChI is InChI=1S/C24H44O2/c1-7-10-21(25)15-18-24(6,26)17-8-11-19(2)13-14-22-20(3)12-9-16-23(22,4)5/h11,21,25-26H,7-10,12-18H2,1-6H3/b19-11+/t21-,24+/m0/s1. The minimum Gasteiger partial charge on any atom is -0.393 e. The van der Waals surface area contributed by atoms with E-state index in [2.05, 4.69) is 40.7 Å². The highest BCUT2D eigenvalue weighted by molar-refractivity contribution is 5.23. The lowest BCUT2D eigenvalue weighted by atomic mass is 9.71. The van der Waals surface area contributed by atoms with Crippen LogP contribution < -0.4 is 0 Å². The van der Waals surface area contributed by atoms with Crippen molar-refractivity contribution in [2.75, 3.05) is 0 Å². The van der Waals surface area contributed by atoms with Gasteiger partial charge in [-0.2, -0.15) is 0 Å². The van der Waals surface area contributed by atoms with Crippen LogP contribution in [0.4, 0.5) is 0 Å². The minimum absolute atomic E-state index is 0.265. The molecule has 2 heteroatoms. The summed E-state index contributed by atoms with van der Waals surface area (Å²) in [4.78, 5) is 0. The van der Waals surface area contributed by atoms with Crippen LogP contribution in [0.2, 0.25) is 0 Å². The molecule has 1 aliphatic rings. The third kappa shape index (κ3) is 8.39. The van der Waals surface area contributed by atoms with Crippen LogP contribution in [-0.2, 0) is 0 Å². The van der Waals surface area contributed by atoms with E-state index < -0.39 is 5.60 Å². The quantitative estimate of drug-likeness (QED) is 0.400. The van der Waals surface area contributed by atoms with E-state index >= 15 is 0 Å². The van der Waals surface area contributed by atoms with Crippen molar-refractivity contribution in [3.8, 4) is 0 Å². The van der Waals surface area contributed by atoms with Crippen LogP contribution in [0, 0.1) is 5.41 Å². The Hall–Kier alpha value is -0.600. The lowest BCUT2D eigenvalue weighted by molar-refractivity contribution is 0.0241. The Morgan fingerprint density at radius 3 is 2.58 bits per heavy atom. The summed E-state index contributed by atoms with van der Waals surface area (Å²) in [5, 5.41) is 20.4. The van der Waals surface area contributed by atoms with Crippen molar-refractivity contribution in [1.29, 1.82) is 0 Å². The maximum absolute atomic E-state index is 10.5. The van der Waals surface area contributed by atoms with Crippen LogP contribution in [-0.4, -0.2) is 21.9 Å². The molecule has 26 heavy (non-hydrogen) atoms. The van der Waals surface area contributed by atoms with Crippen molar-refractivity contribution in [2.24, 2.45) is 5.41 Å². The van der Waals surface area contributed by atoms with Crippen LogP contribution in [0.3, 0.4) is 0 Å². The SMILES string of the molecule is CCC[C@H](O)CC[C@](C)(O)CC/C=C(\C)CCC1=C(C)CCCC1(C)C. The van der Waals surface area contributed by atoms with Gasteiger partial charge in [0.15, 0.2) is 0 Å². The molecule has 2 N–H and O–H groups in total. The molecule has 0 spiro atoms. The molecule has 0 aromatic carbocycles. The number of hydrogen-bond acceptors (Lipinski definition) is 2. The van der Waals surface area contributed by atoms with Crippen molar-refractivity contribution in [1.82, 2.24) is 0 Å². The van der Waals surface area contributed by atoms with E-state index in [4.69, 9.17) is 0 Å². The Labute approximate surface area is 162 Å². The summed E-state index contributed by atoms with van der Waals surface area (Å²) in [5.41, 5.74) is 4.42. The van der Waals surface area contributed by atoms with Crippen LogP contribution in [0.25, 0.3) is 0 Å². The largest absolute Gasteiger partial charge is 0.393 e. The molecule has 152 valence electrons. The first-order valence-electron chi connectivity index (χ1n) is 10.8. The summed E-state index contributed by atoms with van der Waals surface area (Å²) >= 11 is 0. The molecule has 2 atom stereocenters. The second kappa shape index (κ2) is 10.7. The molecule has 0 aromatic rings. The molecular formula is C24H44O2. The van der Waals surface area contributed by atoms with Crippen LogP contribution in [0.1, 0.15) is 112 Å². The molecule has 0 fully saturated rings. The highest BCUT2D eigenvalue weighted by Gasteiger charge is 2.27. The lowest BCUT2D eigenvalue weighted by Crippen LogP contribution is -2.25. The summed E-state index contributed by atoms with van der Waals surface area (Å²) in [6.45, 7) is 13.3. The van der Waals surface area contributed by atoms with Crippen molar-refractivity contribution in [3.63, 3.8) is 0 Å². The zero-order valence-corrected chi connectivity index (χ0v) is 18.3. The Morgan fingerprint density at radius 1 is 1.27 bits per heavy atom. The minimum atomic E-state index is -0.671. The molecule has 0 amide bonds. The summed E-state index contributed by atoms with van der Waals surface area (Å²) in [6.07, 6.45) is 13.2. The number of aliphatic hydroxyl groups excluding tert-OH is 1. The zero-order chi connectivity index (χ0) is 19.8. The van der Waals surface area contributed by atoms with E-state index in [-0.39, 0.29) is 6.10 Å². The number of rotatable bonds is 11.